The number of likely N-dealkylation sites (N-methyl/N-ethyl adjacent to an activating group) is 1. The Kier molecular flexibility index (Phi) is 4.85. The van der Waals surface area contributed by atoms with Gasteiger partial charge in [0.1, 0.15) is 5.60 Å². The van der Waals surface area contributed by atoms with Gasteiger partial charge in [0.2, 0.25) is 0 Å². The van der Waals surface area contributed by atoms with E-state index in [-0.39, 0.29) is 0 Å². The molecule has 1 aliphatic rings. The van der Waals surface area contributed by atoms with Gasteiger partial charge in [0.05, 0.1) is 11.7 Å². The van der Waals surface area contributed by atoms with Crippen LogP contribution in [0.15, 0.2) is 0 Å². The molecule has 1 aromatic heterocycles. The van der Waals surface area contributed by atoms with Gasteiger partial charge >= 0.3 is 6.09 Å². The largest absolute Gasteiger partial charge is 0.444 e. The Labute approximate surface area is 129 Å². The molecule has 1 saturated heterocycles. The van der Waals surface area contributed by atoms with Gasteiger partial charge in [0, 0.05) is 24.5 Å². The number of carbonyl (C=O) groups excluding carboxylic acids is 1. The lowest BCUT2D eigenvalue weighted by molar-refractivity contribution is 0.0636. The van der Waals surface area contributed by atoms with Gasteiger partial charge in [-0.05, 0) is 34.7 Å². The van der Waals surface area contributed by atoms with Gasteiger partial charge in [-0.3, -0.25) is 10.2 Å². The molecule has 1 amide bonds. The molecule has 7 heteroatoms. The molecule has 0 aromatic carbocycles. The van der Waals surface area contributed by atoms with E-state index in [1.54, 1.807) is 0 Å². The van der Waals surface area contributed by atoms with Crippen LogP contribution in [-0.4, -0.2) is 48.3 Å². The minimum atomic E-state index is -0.507. The first-order valence-corrected chi connectivity index (χ1v) is 7.96. The third kappa shape index (κ3) is 4.39. The first-order chi connectivity index (χ1) is 9.76. The van der Waals surface area contributed by atoms with Crippen LogP contribution in [0.25, 0.3) is 0 Å². The molecule has 118 valence electrons. The van der Waals surface area contributed by atoms with Crippen LogP contribution in [0, 0.1) is 6.92 Å². The summed E-state index contributed by atoms with van der Waals surface area (Å²) in [6.07, 6.45) is -0.460. The van der Waals surface area contributed by atoms with Crippen LogP contribution < -0.4 is 10.6 Å². The van der Waals surface area contributed by atoms with Gasteiger partial charge in [0.15, 0.2) is 5.13 Å². The summed E-state index contributed by atoms with van der Waals surface area (Å²) in [7, 11) is 2.12. The lowest BCUT2D eigenvalue weighted by Crippen LogP contribution is -2.43. The molecule has 0 spiro atoms. The molecule has 21 heavy (non-hydrogen) atoms. The van der Waals surface area contributed by atoms with Crippen LogP contribution >= 0.6 is 11.3 Å². The van der Waals surface area contributed by atoms with E-state index in [1.165, 1.54) is 16.2 Å². The quantitative estimate of drug-likeness (QED) is 0.877. The second kappa shape index (κ2) is 6.29. The van der Waals surface area contributed by atoms with Crippen LogP contribution in [0.3, 0.4) is 0 Å². The highest BCUT2D eigenvalue weighted by Gasteiger charge is 2.25. The van der Waals surface area contributed by atoms with Crippen molar-refractivity contribution >= 4 is 22.6 Å². The number of rotatable bonds is 2. The molecule has 2 heterocycles. The number of hydrogen-bond donors (Lipinski definition) is 2. The van der Waals surface area contributed by atoms with Crippen LogP contribution in [0.4, 0.5) is 9.93 Å². The molecule has 2 rings (SSSR count). The maximum absolute atomic E-state index is 11.8. The molecule has 1 aliphatic heterocycles. The number of thiazole rings is 1. The highest BCUT2D eigenvalue weighted by atomic mass is 32.1. The fraction of sp³-hybridized carbons (Fsp3) is 0.714. The van der Waals surface area contributed by atoms with Crippen LogP contribution in [0.5, 0.6) is 0 Å². The van der Waals surface area contributed by atoms with Crippen molar-refractivity contribution in [3.05, 3.63) is 10.6 Å². The SMILES string of the molecule is Cc1nc(NC(=O)OC(C)(C)C)sc1C1CNCCN1C. The van der Waals surface area contributed by atoms with Crippen molar-refractivity contribution in [2.24, 2.45) is 0 Å². The number of ether oxygens (including phenoxy) is 1. The third-order valence-corrected chi connectivity index (χ3v) is 4.43. The number of carbonyl (C=O) groups is 1. The molecule has 0 saturated carbocycles. The summed E-state index contributed by atoms with van der Waals surface area (Å²) in [5.41, 5.74) is 0.457. The lowest BCUT2D eigenvalue weighted by atomic mass is 10.1. The topological polar surface area (TPSA) is 66.5 Å². The summed E-state index contributed by atoms with van der Waals surface area (Å²) < 4.78 is 5.25. The van der Waals surface area contributed by atoms with Gasteiger partial charge in [0.25, 0.3) is 0 Å². The average molecular weight is 312 g/mol. The maximum Gasteiger partial charge on any atom is 0.413 e. The summed E-state index contributed by atoms with van der Waals surface area (Å²) in [6, 6.07) is 0.311. The van der Waals surface area contributed by atoms with E-state index in [0.717, 1.165) is 25.3 Å². The van der Waals surface area contributed by atoms with E-state index in [1.807, 2.05) is 27.7 Å². The van der Waals surface area contributed by atoms with Crippen molar-refractivity contribution in [1.29, 1.82) is 0 Å². The summed E-state index contributed by atoms with van der Waals surface area (Å²) in [4.78, 5) is 19.7. The second-order valence-corrected chi connectivity index (χ2v) is 7.33. The molecule has 2 N–H and O–H groups in total. The van der Waals surface area contributed by atoms with Crippen molar-refractivity contribution in [2.45, 2.75) is 39.3 Å². The second-order valence-electron chi connectivity index (χ2n) is 6.30. The van der Waals surface area contributed by atoms with Gasteiger partial charge in [-0.15, -0.1) is 0 Å². The van der Waals surface area contributed by atoms with Gasteiger partial charge in [-0.2, -0.15) is 0 Å². The predicted molar refractivity (Wildman–Crippen MR) is 84.9 cm³/mol. The van der Waals surface area contributed by atoms with E-state index < -0.39 is 11.7 Å². The number of anilines is 1. The fourth-order valence-corrected chi connectivity index (χ4v) is 3.38. The van der Waals surface area contributed by atoms with Crippen LogP contribution in [0.2, 0.25) is 0 Å². The summed E-state index contributed by atoms with van der Waals surface area (Å²) in [5, 5.41) is 6.71. The smallest absolute Gasteiger partial charge is 0.413 e. The normalized spacial score (nSPS) is 20.3. The van der Waals surface area contributed by atoms with Gasteiger partial charge < -0.3 is 10.1 Å². The molecule has 0 aliphatic carbocycles. The minimum absolute atomic E-state index is 0.311. The van der Waals surface area contributed by atoms with Crippen molar-refractivity contribution in [3.63, 3.8) is 0 Å². The molecular formula is C14H24N4O2S. The minimum Gasteiger partial charge on any atom is -0.444 e. The fourth-order valence-electron chi connectivity index (χ4n) is 2.26. The average Bonchev–Trinajstić information content (AvgIpc) is 2.68. The standard InChI is InChI=1S/C14H24N4O2S/c1-9-11(10-8-15-6-7-18(10)5)21-12(16-9)17-13(19)20-14(2,3)4/h10,15H,6-8H2,1-5H3,(H,16,17,19). The zero-order valence-electron chi connectivity index (χ0n) is 13.3. The molecule has 1 fully saturated rings. The Morgan fingerprint density at radius 1 is 1.52 bits per heavy atom. The molecule has 1 atom stereocenters. The first-order valence-electron chi connectivity index (χ1n) is 7.14. The molecule has 0 bridgehead atoms. The van der Waals surface area contributed by atoms with Crippen molar-refractivity contribution < 1.29 is 9.53 Å². The van der Waals surface area contributed by atoms with Crippen molar-refractivity contribution in [3.8, 4) is 0 Å². The first kappa shape index (κ1) is 16.2. The molecule has 1 unspecified atom stereocenters. The number of piperazine rings is 1. The predicted octanol–water partition coefficient (Wildman–Crippen LogP) is 2.37. The van der Waals surface area contributed by atoms with Gasteiger partial charge in [-0.25, -0.2) is 9.78 Å². The van der Waals surface area contributed by atoms with E-state index in [0.29, 0.717) is 11.2 Å². The summed E-state index contributed by atoms with van der Waals surface area (Å²) in [5.74, 6) is 0. The van der Waals surface area contributed by atoms with E-state index in [9.17, 15) is 4.79 Å². The number of amides is 1. The van der Waals surface area contributed by atoms with Crippen LogP contribution in [-0.2, 0) is 4.74 Å². The maximum atomic E-state index is 11.8. The van der Waals surface area contributed by atoms with E-state index >= 15 is 0 Å². The zero-order chi connectivity index (χ0) is 15.6. The zero-order valence-corrected chi connectivity index (χ0v) is 14.1. The Balaban J connectivity index is 2.06. The number of nitrogens with one attached hydrogen (secondary N) is 2. The van der Waals surface area contributed by atoms with E-state index in [2.05, 4.69) is 27.6 Å². The van der Waals surface area contributed by atoms with Gasteiger partial charge in [-0.1, -0.05) is 11.3 Å². The molecular weight excluding hydrogens is 288 g/mol. The molecule has 6 nitrogen and oxygen atoms in total. The number of aryl methyl sites for hydroxylation is 1. The summed E-state index contributed by atoms with van der Waals surface area (Å²) in [6.45, 7) is 10.4. The summed E-state index contributed by atoms with van der Waals surface area (Å²) >= 11 is 1.52. The Morgan fingerprint density at radius 3 is 2.86 bits per heavy atom. The Morgan fingerprint density at radius 2 is 2.24 bits per heavy atom. The number of aromatic nitrogens is 1. The Hall–Kier alpha value is -1.18. The molecule has 0 radical (unpaired) electrons. The molecule has 1 aromatic rings. The highest BCUT2D eigenvalue weighted by Crippen LogP contribution is 2.32. The van der Waals surface area contributed by atoms with Crippen LogP contribution in [0.1, 0.15) is 37.4 Å². The van der Waals surface area contributed by atoms with E-state index in [4.69, 9.17) is 4.74 Å². The van der Waals surface area contributed by atoms with Crippen molar-refractivity contribution in [2.75, 3.05) is 32.0 Å². The Bertz CT molecular complexity index is 510. The lowest BCUT2D eigenvalue weighted by Gasteiger charge is -2.32. The highest BCUT2D eigenvalue weighted by molar-refractivity contribution is 7.16. The monoisotopic (exact) mass is 312 g/mol. The third-order valence-electron chi connectivity index (χ3n) is 3.25. The van der Waals surface area contributed by atoms with Crippen molar-refractivity contribution in [1.82, 2.24) is 15.2 Å². The number of hydrogen-bond acceptors (Lipinski definition) is 6. The number of nitrogens with zero attached hydrogens (tertiary/aromatic N) is 2.